The average molecular weight is 274 g/mol. The fourth-order valence-electron chi connectivity index (χ4n) is 1.40. The number of benzene rings is 1. The van der Waals surface area contributed by atoms with Crippen LogP contribution in [0.2, 0.25) is 0 Å². The van der Waals surface area contributed by atoms with Crippen LogP contribution < -0.4 is 15.2 Å². The number of sulfonamides is 1. The summed E-state index contributed by atoms with van der Waals surface area (Å²) in [4.78, 5) is 0.0439. The van der Waals surface area contributed by atoms with Gasteiger partial charge in [0.15, 0.2) is 0 Å². The average Bonchev–Trinajstić information content (AvgIpc) is 2.35. The Kier molecular flexibility index (Phi) is 5.39. The van der Waals surface area contributed by atoms with E-state index in [4.69, 9.17) is 15.2 Å². The van der Waals surface area contributed by atoms with Crippen molar-refractivity contribution in [3.8, 4) is 5.75 Å². The van der Waals surface area contributed by atoms with Crippen molar-refractivity contribution in [2.75, 3.05) is 33.1 Å². The summed E-state index contributed by atoms with van der Waals surface area (Å²) in [7, 11) is -0.639. The van der Waals surface area contributed by atoms with Crippen molar-refractivity contribution in [1.82, 2.24) is 4.72 Å². The number of nitrogen functional groups attached to an aromatic ring is 1. The summed E-state index contributed by atoms with van der Waals surface area (Å²) in [6.07, 6.45) is 0.598. The third kappa shape index (κ3) is 3.86. The number of ether oxygens (including phenoxy) is 2. The van der Waals surface area contributed by atoms with Crippen molar-refractivity contribution in [2.24, 2.45) is 0 Å². The molecular formula is C11H18N2O4S. The van der Waals surface area contributed by atoms with Crippen LogP contribution >= 0.6 is 0 Å². The molecule has 102 valence electrons. The predicted octanol–water partition coefficient (Wildman–Crippen LogP) is 0.592. The van der Waals surface area contributed by atoms with E-state index in [1.165, 1.54) is 19.2 Å². The molecule has 0 aliphatic carbocycles. The molecule has 0 saturated heterocycles. The molecule has 0 aliphatic rings. The van der Waals surface area contributed by atoms with Crippen LogP contribution in [0.3, 0.4) is 0 Å². The second-order valence-corrected chi connectivity index (χ2v) is 5.39. The molecule has 0 spiro atoms. The maximum Gasteiger partial charge on any atom is 0.244 e. The molecule has 0 bridgehead atoms. The van der Waals surface area contributed by atoms with Gasteiger partial charge in [-0.25, -0.2) is 13.1 Å². The maximum atomic E-state index is 12.0. The fraction of sp³-hybridized carbons (Fsp3) is 0.455. The van der Waals surface area contributed by atoms with Crippen LogP contribution in [0.1, 0.15) is 6.42 Å². The minimum atomic E-state index is -3.62. The summed E-state index contributed by atoms with van der Waals surface area (Å²) in [5, 5.41) is 0. The Balaban J connectivity index is 2.87. The van der Waals surface area contributed by atoms with Gasteiger partial charge in [-0.1, -0.05) is 0 Å². The van der Waals surface area contributed by atoms with Gasteiger partial charge in [0.05, 0.1) is 7.11 Å². The lowest BCUT2D eigenvalue weighted by atomic mass is 10.3. The lowest BCUT2D eigenvalue weighted by Crippen LogP contribution is -2.26. The van der Waals surface area contributed by atoms with E-state index in [0.717, 1.165) is 0 Å². The minimum Gasteiger partial charge on any atom is -0.495 e. The number of methoxy groups -OCH3 is 2. The van der Waals surface area contributed by atoms with E-state index in [2.05, 4.69) is 4.72 Å². The van der Waals surface area contributed by atoms with E-state index in [1.54, 1.807) is 13.2 Å². The number of nitrogens with one attached hydrogen (secondary N) is 1. The Hall–Kier alpha value is -1.31. The van der Waals surface area contributed by atoms with Gasteiger partial charge < -0.3 is 15.2 Å². The predicted molar refractivity (Wildman–Crippen MR) is 69.1 cm³/mol. The molecule has 3 N–H and O–H groups in total. The Morgan fingerprint density at radius 1 is 1.33 bits per heavy atom. The maximum absolute atomic E-state index is 12.0. The highest BCUT2D eigenvalue weighted by Crippen LogP contribution is 2.25. The first kappa shape index (κ1) is 14.7. The van der Waals surface area contributed by atoms with Crippen molar-refractivity contribution in [1.29, 1.82) is 0 Å². The molecule has 18 heavy (non-hydrogen) atoms. The molecule has 1 rings (SSSR count). The lowest BCUT2D eigenvalue weighted by molar-refractivity contribution is 0.196. The largest absolute Gasteiger partial charge is 0.495 e. The number of rotatable bonds is 7. The molecule has 0 aromatic heterocycles. The van der Waals surface area contributed by atoms with Crippen LogP contribution in [0, 0.1) is 0 Å². The molecule has 0 amide bonds. The van der Waals surface area contributed by atoms with Crippen LogP contribution in [0.4, 0.5) is 5.69 Å². The van der Waals surface area contributed by atoms with Gasteiger partial charge in [0.2, 0.25) is 10.0 Å². The first-order valence-corrected chi connectivity index (χ1v) is 6.91. The number of hydrogen-bond acceptors (Lipinski definition) is 5. The smallest absolute Gasteiger partial charge is 0.244 e. The topological polar surface area (TPSA) is 90.7 Å². The van der Waals surface area contributed by atoms with Gasteiger partial charge in [-0.15, -0.1) is 0 Å². The highest BCUT2D eigenvalue weighted by Gasteiger charge is 2.19. The zero-order valence-electron chi connectivity index (χ0n) is 10.5. The van der Waals surface area contributed by atoms with Crippen molar-refractivity contribution in [3.05, 3.63) is 18.2 Å². The molecule has 0 heterocycles. The van der Waals surface area contributed by atoms with Gasteiger partial charge in [0.25, 0.3) is 0 Å². The molecule has 0 aliphatic heterocycles. The van der Waals surface area contributed by atoms with Crippen molar-refractivity contribution >= 4 is 15.7 Å². The van der Waals surface area contributed by atoms with Crippen molar-refractivity contribution in [3.63, 3.8) is 0 Å². The van der Waals surface area contributed by atoms with Gasteiger partial charge in [0, 0.05) is 25.9 Å². The van der Waals surface area contributed by atoms with Crippen LogP contribution in [0.15, 0.2) is 23.1 Å². The van der Waals surface area contributed by atoms with Gasteiger partial charge >= 0.3 is 0 Å². The number of nitrogens with two attached hydrogens (primary N) is 1. The highest BCUT2D eigenvalue weighted by molar-refractivity contribution is 7.89. The lowest BCUT2D eigenvalue weighted by Gasteiger charge is -2.11. The molecule has 0 fully saturated rings. The van der Waals surface area contributed by atoms with E-state index in [-0.39, 0.29) is 10.6 Å². The summed E-state index contributed by atoms with van der Waals surface area (Å²) in [5.41, 5.74) is 5.96. The van der Waals surface area contributed by atoms with Crippen LogP contribution in [-0.4, -0.2) is 35.8 Å². The van der Waals surface area contributed by atoms with Crippen LogP contribution in [-0.2, 0) is 14.8 Å². The summed E-state index contributed by atoms with van der Waals surface area (Å²) in [5.74, 6) is 0.267. The Morgan fingerprint density at radius 3 is 2.67 bits per heavy atom. The summed E-state index contributed by atoms with van der Waals surface area (Å²) in [6, 6.07) is 4.49. The molecule has 6 nitrogen and oxygen atoms in total. The Morgan fingerprint density at radius 2 is 2.06 bits per heavy atom. The number of anilines is 1. The number of hydrogen-bond donors (Lipinski definition) is 2. The highest BCUT2D eigenvalue weighted by atomic mass is 32.2. The molecule has 7 heteroatoms. The van der Waals surface area contributed by atoms with Crippen LogP contribution in [0.5, 0.6) is 5.75 Å². The fourth-order valence-corrected chi connectivity index (χ4v) is 2.68. The van der Waals surface area contributed by atoms with Gasteiger partial charge in [-0.2, -0.15) is 0 Å². The van der Waals surface area contributed by atoms with Gasteiger partial charge in [-0.05, 0) is 24.6 Å². The summed E-state index contributed by atoms with van der Waals surface area (Å²) >= 11 is 0. The Labute approximate surface area is 107 Å². The van der Waals surface area contributed by atoms with E-state index < -0.39 is 10.0 Å². The third-order valence-electron chi connectivity index (χ3n) is 2.29. The SMILES string of the molecule is COCCCNS(=O)(=O)c1cc(N)ccc1OC. The molecule has 1 aromatic carbocycles. The van der Waals surface area contributed by atoms with E-state index in [9.17, 15) is 8.42 Å². The van der Waals surface area contributed by atoms with Gasteiger partial charge in [0.1, 0.15) is 10.6 Å². The van der Waals surface area contributed by atoms with E-state index in [0.29, 0.717) is 25.3 Å². The zero-order valence-corrected chi connectivity index (χ0v) is 11.3. The standard InChI is InChI=1S/C11H18N2O4S/c1-16-7-3-6-13-18(14,15)11-8-9(12)4-5-10(11)17-2/h4-5,8,13H,3,6-7,12H2,1-2H3. The van der Waals surface area contributed by atoms with Crippen LogP contribution in [0.25, 0.3) is 0 Å². The molecule has 0 radical (unpaired) electrons. The molecule has 0 unspecified atom stereocenters. The Bertz CT molecular complexity index is 488. The molecule has 0 atom stereocenters. The van der Waals surface area contributed by atoms with Gasteiger partial charge in [-0.3, -0.25) is 0 Å². The minimum absolute atomic E-state index is 0.0439. The first-order valence-electron chi connectivity index (χ1n) is 5.43. The zero-order chi connectivity index (χ0) is 13.6. The van der Waals surface area contributed by atoms with Crippen molar-refractivity contribution in [2.45, 2.75) is 11.3 Å². The molecular weight excluding hydrogens is 256 g/mol. The second kappa shape index (κ2) is 6.58. The molecule has 1 aromatic rings. The monoisotopic (exact) mass is 274 g/mol. The second-order valence-electron chi connectivity index (χ2n) is 3.65. The summed E-state index contributed by atoms with van der Waals surface area (Å²) < 4.78 is 36.4. The molecule has 0 saturated carbocycles. The first-order chi connectivity index (χ1) is 8.51. The van der Waals surface area contributed by atoms with Crippen molar-refractivity contribution < 1.29 is 17.9 Å². The van der Waals surface area contributed by atoms with E-state index >= 15 is 0 Å². The van der Waals surface area contributed by atoms with E-state index in [1.807, 2.05) is 0 Å². The summed E-state index contributed by atoms with van der Waals surface area (Å²) in [6.45, 7) is 0.796. The third-order valence-corrected chi connectivity index (χ3v) is 3.78. The normalized spacial score (nSPS) is 11.4. The quantitative estimate of drug-likeness (QED) is 0.561.